The van der Waals surface area contributed by atoms with Gasteiger partial charge in [0.2, 0.25) is 0 Å². The monoisotopic (exact) mass is 169 g/mol. The summed E-state index contributed by atoms with van der Waals surface area (Å²) in [5.74, 6) is 1.03. The average molecular weight is 169 g/mol. The summed E-state index contributed by atoms with van der Waals surface area (Å²) in [6, 6.07) is 3.91. The molecule has 0 amide bonds. The largest absolute Gasteiger partial charge is 0.468 e. The van der Waals surface area contributed by atoms with Gasteiger partial charge in [-0.2, -0.15) is 0 Å². The lowest BCUT2D eigenvalue weighted by Crippen LogP contribution is -2.15. The van der Waals surface area contributed by atoms with E-state index in [4.69, 9.17) is 4.42 Å². The summed E-state index contributed by atoms with van der Waals surface area (Å²) < 4.78 is 5.16. The van der Waals surface area contributed by atoms with E-state index in [2.05, 4.69) is 18.9 Å². The van der Waals surface area contributed by atoms with Crippen molar-refractivity contribution in [3.05, 3.63) is 24.2 Å². The van der Waals surface area contributed by atoms with E-state index in [1.54, 1.807) is 6.26 Å². The van der Waals surface area contributed by atoms with Crippen LogP contribution in [0.4, 0.5) is 0 Å². The van der Waals surface area contributed by atoms with Crippen LogP contribution >= 0.6 is 0 Å². The van der Waals surface area contributed by atoms with Gasteiger partial charge < -0.3 is 4.42 Å². The van der Waals surface area contributed by atoms with Crippen molar-refractivity contribution in [3.8, 4) is 0 Å². The second-order valence-electron chi connectivity index (χ2n) is 2.41. The number of hydrogen-bond donors (Lipinski definition) is 0. The van der Waals surface area contributed by atoms with Crippen LogP contribution in [0.1, 0.15) is 26.5 Å². The first-order valence-electron chi connectivity index (χ1n) is 4.54. The molecule has 0 aliphatic carbocycles. The third kappa shape index (κ3) is 4.19. The molecule has 2 nitrogen and oxygen atoms in total. The molecule has 1 aromatic heterocycles. The second-order valence-corrected chi connectivity index (χ2v) is 2.41. The molecule has 1 rings (SSSR count). The third-order valence-corrected chi connectivity index (χ3v) is 1.55. The summed E-state index contributed by atoms with van der Waals surface area (Å²) in [6.07, 6.45) is 1.71. The number of rotatable bonds is 3. The maximum Gasteiger partial charge on any atom is 0.117 e. The topological polar surface area (TPSA) is 16.4 Å². The number of nitrogens with zero attached hydrogens (tertiary/aromatic N) is 1. The van der Waals surface area contributed by atoms with Gasteiger partial charge in [-0.25, -0.2) is 0 Å². The molecule has 0 unspecified atom stereocenters. The molecule has 1 aromatic rings. The lowest BCUT2D eigenvalue weighted by atomic mass is 10.4. The first-order valence-corrected chi connectivity index (χ1v) is 4.54. The average Bonchev–Trinajstić information content (AvgIpc) is 2.60. The molecule has 0 aromatic carbocycles. The summed E-state index contributed by atoms with van der Waals surface area (Å²) in [7, 11) is 2.07. The van der Waals surface area contributed by atoms with E-state index in [0.717, 1.165) is 18.8 Å². The molecule has 0 aliphatic heterocycles. The lowest BCUT2D eigenvalue weighted by molar-refractivity contribution is 0.309. The smallest absolute Gasteiger partial charge is 0.117 e. The van der Waals surface area contributed by atoms with Crippen LogP contribution in [0.5, 0.6) is 0 Å². The van der Waals surface area contributed by atoms with E-state index in [9.17, 15) is 0 Å². The Hall–Kier alpha value is -0.760. The van der Waals surface area contributed by atoms with Crippen LogP contribution in [0.2, 0.25) is 0 Å². The SMILES string of the molecule is CC.CCN(C)Cc1ccco1. The van der Waals surface area contributed by atoms with E-state index in [1.807, 2.05) is 26.0 Å². The summed E-state index contributed by atoms with van der Waals surface area (Å²) in [4.78, 5) is 2.19. The molecule has 0 spiro atoms. The fraction of sp³-hybridized carbons (Fsp3) is 0.600. The van der Waals surface area contributed by atoms with Crippen molar-refractivity contribution in [3.63, 3.8) is 0 Å². The van der Waals surface area contributed by atoms with Crippen LogP contribution in [0.3, 0.4) is 0 Å². The highest BCUT2D eigenvalue weighted by atomic mass is 16.3. The maximum atomic E-state index is 5.16. The Kier molecular flexibility index (Phi) is 6.48. The van der Waals surface area contributed by atoms with E-state index < -0.39 is 0 Å². The van der Waals surface area contributed by atoms with Crippen molar-refractivity contribution in [1.82, 2.24) is 4.90 Å². The van der Waals surface area contributed by atoms with Gasteiger partial charge in [-0.05, 0) is 25.7 Å². The zero-order chi connectivity index (χ0) is 9.40. The molecule has 0 saturated heterocycles. The van der Waals surface area contributed by atoms with Crippen LogP contribution < -0.4 is 0 Å². The van der Waals surface area contributed by atoms with Gasteiger partial charge in [-0.15, -0.1) is 0 Å². The van der Waals surface area contributed by atoms with Crippen molar-refractivity contribution in [2.75, 3.05) is 13.6 Å². The first-order chi connectivity index (χ1) is 5.83. The molecule has 2 heteroatoms. The Balaban J connectivity index is 0.000000561. The van der Waals surface area contributed by atoms with Gasteiger partial charge in [0.1, 0.15) is 5.76 Å². The fourth-order valence-corrected chi connectivity index (χ4v) is 0.780. The summed E-state index contributed by atoms with van der Waals surface area (Å²) in [5.41, 5.74) is 0. The normalized spacial score (nSPS) is 9.42. The highest BCUT2D eigenvalue weighted by Gasteiger charge is 1.97. The molecule has 12 heavy (non-hydrogen) atoms. The van der Waals surface area contributed by atoms with Crippen LogP contribution in [-0.2, 0) is 6.54 Å². The van der Waals surface area contributed by atoms with Gasteiger partial charge in [0.15, 0.2) is 0 Å². The van der Waals surface area contributed by atoms with Crippen molar-refractivity contribution in [2.24, 2.45) is 0 Å². The molecule has 0 N–H and O–H groups in total. The zero-order valence-electron chi connectivity index (χ0n) is 8.50. The van der Waals surface area contributed by atoms with E-state index in [0.29, 0.717) is 0 Å². The molecule has 0 aliphatic rings. The molecular formula is C10H19NO. The summed E-state index contributed by atoms with van der Waals surface area (Å²) >= 11 is 0. The standard InChI is InChI=1S/C8H13NO.C2H6/c1-3-9(2)7-8-5-4-6-10-8;1-2/h4-6H,3,7H2,1-2H3;1-2H3. The van der Waals surface area contributed by atoms with E-state index >= 15 is 0 Å². The molecule has 0 bridgehead atoms. The lowest BCUT2D eigenvalue weighted by Gasteiger charge is -2.10. The minimum atomic E-state index is 0.906. The Morgan fingerprint density at radius 2 is 2.08 bits per heavy atom. The predicted molar refractivity (Wildman–Crippen MR) is 52.1 cm³/mol. The Morgan fingerprint density at radius 1 is 1.42 bits per heavy atom. The Labute approximate surface area is 75.2 Å². The second kappa shape index (κ2) is 6.92. The van der Waals surface area contributed by atoms with Crippen LogP contribution in [0.15, 0.2) is 22.8 Å². The Morgan fingerprint density at radius 3 is 2.50 bits per heavy atom. The van der Waals surface area contributed by atoms with Crippen molar-refractivity contribution in [1.29, 1.82) is 0 Å². The van der Waals surface area contributed by atoms with Gasteiger partial charge in [-0.1, -0.05) is 20.8 Å². The number of hydrogen-bond acceptors (Lipinski definition) is 2. The van der Waals surface area contributed by atoms with Crippen LogP contribution in [0.25, 0.3) is 0 Å². The minimum Gasteiger partial charge on any atom is -0.468 e. The molecule has 0 saturated carbocycles. The predicted octanol–water partition coefficient (Wildman–Crippen LogP) is 2.76. The van der Waals surface area contributed by atoms with Crippen LogP contribution in [0, 0.1) is 0 Å². The molecule has 0 radical (unpaired) electrons. The van der Waals surface area contributed by atoms with E-state index in [-0.39, 0.29) is 0 Å². The first kappa shape index (κ1) is 11.2. The van der Waals surface area contributed by atoms with Crippen molar-refractivity contribution >= 4 is 0 Å². The fourth-order valence-electron chi connectivity index (χ4n) is 0.780. The van der Waals surface area contributed by atoms with Crippen LogP contribution in [-0.4, -0.2) is 18.5 Å². The molecular weight excluding hydrogens is 150 g/mol. The van der Waals surface area contributed by atoms with Crippen molar-refractivity contribution < 1.29 is 4.42 Å². The molecule has 1 heterocycles. The van der Waals surface area contributed by atoms with Gasteiger partial charge in [0, 0.05) is 0 Å². The number of furan rings is 1. The minimum absolute atomic E-state index is 0.906. The highest BCUT2D eigenvalue weighted by molar-refractivity contribution is 4.97. The maximum absolute atomic E-state index is 5.16. The van der Waals surface area contributed by atoms with Gasteiger partial charge >= 0.3 is 0 Å². The highest BCUT2D eigenvalue weighted by Crippen LogP contribution is 2.02. The Bertz CT molecular complexity index is 170. The third-order valence-electron chi connectivity index (χ3n) is 1.55. The van der Waals surface area contributed by atoms with Crippen molar-refractivity contribution in [2.45, 2.75) is 27.3 Å². The zero-order valence-corrected chi connectivity index (χ0v) is 8.50. The van der Waals surface area contributed by atoms with E-state index in [1.165, 1.54) is 0 Å². The summed E-state index contributed by atoms with van der Waals surface area (Å²) in [5, 5.41) is 0. The van der Waals surface area contributed by atoms with Gasteiger partial charge in [-0.3, -0.25) is 4.90 Å². The molecule has 0 atom stereocenters. The quantitative estimate of drug-likeness (QED) is 0.691. The van der Waals surface area contributed by atoms with Gasteiger partial charge in [0.25, 0.3) is 0 Å². The van der Waals surface area contributed by atoms with Gasteiger partial charge in [0.05, 0.1) is 12.8 Å². The molecule has 0 fully saturated rings. The summed E-state index contributed by atoms with van der Waals surface area (Å²) in [6.45, 7) is 8.09. The molecule has 70 valence electrons.